The molecular weight excluding hydrogens is 422 g/mol. The molecule has 3 aromatic rings. The molecule has 0 radical (unpaired) electrons. The van der Waals surface area contributed by atoms with Crippen LogP contribution in [-0.2, 0) is 29.3 Å². The van der Waals surface area contributed by atoms with E-state index in [1.54, 1.807) is 30.3 Å². The van der Waals surface area contributed by atoms with E-state index >= 15 is 0 Å². The molecule has 0 atom stereocenters. The summed E-state index contributed by atoms with van der Waals surface area (Å²) in [6.45, 7) is 1.91. The summed E-state index contributed by atoms with van der Waals surface area (Å²) in [4.78, 5) is 12.4. The van der Waals surface area contributed by atoms with Gasteiger partial charge in [0.05, 0.1) is 10.6 Å². The van der Waals surface area contributed by atoms with Gasteiger partial charge < -0.3 is 0 Å². The minimum absolute atomic E-state index is 0.157. The molecular formula is C22H22ClN3O3S. The first-order valence-corrected chi connectivity index (χ1v) is 11.8. The van der Waals surface area contributed by atoms with Crippen LogP contribution in [0.15, 0.2) is 52.2 Å². The van der Waals surface area contributed by atoms with Gasteiger partial charge in [0.1, 0.15) is 0 Å². The van der Waals surface area contributed by atoms with Crippen molar-refractivity contribution in [3.63, 3.8) is 0 Å². The Bertz CT molecular complexity index is 1250. The first-order chi connectivity index (χ1) is 14.4. The molecule has 2 aromatic carbocycles. The fourth-order valence-electron chi connectivity index (χ4n) is 3.87. The molecule has 0 bridgehead atoms. The maximum Gasteiger partial charge on any atom is 0.267 e. The molecule has 156 valence electrons. The standard InChI is InChI=1S/C22H22ClN3O3S/c1-2-14-7-8-15(21-18-5-3-4-6-19(18)22(27)25-24-21)13-20(14)30(28,29)26-17-11-9-16(23)10-12-17/h7-13,26H,2-6H2,1H3,(H,25,27). The van der Waals surface area contributed by atoms with Crippen molar-refractivity contribution in [3.05, 3.63) is 74.5 Å². The Hall–Kier alpha value is -2.64. The monoisotopic (exact) mass is 443 g/mol. The molecule has 0 saturated carbocycles. The summed E-state index contributed by atoms with van der Waals surface area (Å²) in [5, 5.41) is 7.37. The maximum absolute atomic E-state index is 13.2. The highest BCUT2D eigenvalue weighted by molar-refractivity contribution is 7.92. The number of rotatable bonds is 5. The Kier molecular flexibility index (Phi) is 5.66. The zero-order chi connectivity index (χ0) is 21.3. The van der Waals surface area contributed by atoms with Gasteiger partial charge in [-0.05, 0) is 73.6 Å². The van der Waals surface area contributed by atoms with Crippen molar-refractivity contribution in [2.24, 2.45) is 0 Å². The van der Waals surface area contributed by atoms with E-state index in [0.29, 0.717) is 34.0 Å². The first kappa shape index (κ1) is 20.6. The van der Waals surface area contributed by atoms with Gasteiger partial charge in [-0.2, -0.15) is 5.10 Å². The molecule has 0 amide bonds. The summed E-state index contributed by atoms with van der Waals surface area (Å²) in [6, 6.07) is 11.8. The molecule has 1 heterocycles. The number of anilines is 1. The van der Waals surface area contributed by atoms with E-state index in [1.807, 2.05) is 19.1 Å². The topological polar surface area (TPSA) is 91.9 Å². The van der Waals surface area contributed by atoms with Crippen molar-refractivity contribution in [2.75, 3.05) is 4.72 Å². The van der Waals surface area contributed by atoms with Crippen LogP contribution < -0.4 is 10.3 Å². The van der Waals surface area contributed by atoms with Crippen molar-refractivity contribution in [1.29, 1.82) is 0 Å². The zero-order valence-electron chi connectivity index (χ0n) is 16.5. The van der Waals surface area contributed by atoms with Gasteiger partial charge in [-0.15, -0.1) is 0 Å². The van der Waals surface area contributed by atoms with Crippen LogP contribution >= 0.6 is 11.6 Å². The summed E-state index contributed by atoms with van der Waals surface area (Å²) in [5.41, 5.74) is 3.99. The summed E-state index contributed by atoms with van der Waals surface area (Å²) in [5.74, 6) is 0. The molecule has 0 spiro atoms. The number of hydrogen-bond acceptors (Lipinski definition) is 4. The van der Waals surface area contributed by atoms with E-state index < -0.39 is 10.0 Å². The average molecular weight is 444 g/mol. The normalized spacial score (nSPS) is 13.7. The summed E-state index contributed by atoms with van der Waals surface area (Å²) in [6.07, 6.45) is 4.01. The van der Waals surface area contributed by atoms with Crippen LogP contribution in [0.2, 0.25) is 5.02 Å². The molecule has 8 heteroatoms. The summed E-state index contributed by atoms with van der Waals surface area (Å²) < 4.78 is 29.0. The van der Waals surface area contributed by atoms with Crippen LogP contribution in [-0.4, -0.2) is 18.6 Å². The molecule has 0 fully saturated rings. The highest BCUT2D eigenvalue weighted by atomic mass is 35.5. The van der Waals surface area contributed by atoms with Gasteiger partial charge in [0.15, 0.2) is 0 Å². The Morgan fingerprint density at radius 3 is 2.47 bits per heavy atom. The van der Waals surface area contributed by atoms with Gasteiger partial charge in [-0.25, -0.2) is 13.5 Å². The fraction of sp³-hybridized carbons (Fsp3) is 0.273. The summed E-state index contributed by atoms with van der Waals surface area (Å²) in [7, 11) is -3.82. The number of aryl methyl sites for hydroxylation is 1. The molecule has 30 heavy (non-hydrogen) atoms. The summed E-state index contributed by atoms with van der Waals surface area (Å²) >= 11 is 5.90. The molecule has 0 aliphatic heterocycles. The van der Waals surface area contributed by atoms with E-state index in [0.717, 1.165) is 36.8 Å². The van der Waals surface area contributed by atoms with Gasteiger partial charge in [0.2, 0.25) is 0 Å². The van der Waals surface area contributed by atoms with Gasteiger partial charge >= 0.3 is 0 Å². The minimum Gasteiger partial charge on any atom is -0.280 e. The number of halogens is 1. The number of aromatic amines is 1. The number of fused-ring (bicyclic) bond motifs is 1. The maximum atomic E-state index is 13.2. The second-order valence-corrected chi connectivity index (χ2v) is 9.44. The first-order valence-electron chi connectivity index (χ1n) is 9.91. The lowest BCUT2D eigenvalue weighted by Crippen LogP contribution is -2.21. The van der Waals surface area contributed by atoms with Crippen molar-refractivity contribution >= 4 is 27.3 Å². The smallest absolute Gasteiger partial charge is 0.267 e. The van der Waals surface area contributed by atoms with Crippen LogP contribution in [0.1, 0.15) is 36.5 Å². The van der Waals surface area contributed by atoms with Crippen molar-refractivity contribution in [3.8, 4) is 11.3 Å². The molecule has 1 aliphatic carbocycles. The lowest BCUT2D eigenvalue weighted by Gasteiger charge is -2.18. The molecule has 1 aliphatic rings. The van der Waals surface area contributed by atoms with Crippen molar-refractivity contribution < 1.29 is 8.42 Å². The molecule has 1 aromatic heterocycles. The quantitative estimate of drug-likeness (QED) is 0.613. The Morgan fingerprint density at radius 1 is 1.07 bits per heavy atom. The SMILES string of the molecule is CCc1ccc(-c2n[nH]c(=O)c3c2CCCC3)cc1S(=O)(=O)Nc1ccc(Cl)cc1. The molecule has 0 saturated heterocycles. The number of nitrogens with one attached hydrogen (secondary N) is 2. The Morgan fingerprint density at radius 2 is 1.77 bits per heavy atom. The van der Waals surface area contributed by atoms with Crippen LogP contribution in [0.5, 0.6) is 0 Å². The largest absolute Gasteiger partial charge is 0.280 e. The lowest BCUT2D eigenvalue weighted by molar-refractivity contribution is 0.600. The molecule has 4 rings (SSSR count). The minimum atomic E-state index is -3.82. The Labute approximate surface area is 180 Å². The van der Waals surface area contributed by atoms with Crippen LogP contribution in [0.3, 0.4) is 0 Å². The third-order valence-electron chi connectivity index (χ3n) is 5.40. The van der Waals surface area contributed by atoms with Crippen LogP contribution in [0.4, 0.5) is 5.69 Å². The van der Waals surface area contributed by atoms with Crippen molar-refractivity contribution in [2.45, 2.75) is 43.9 Å². The predicted molar refractivity (Wildman–Crippen MR) is 119 cm³/mol. The van der Waals surface area contributed by atoms with E-state index in [2.05, 4.69) is 14.9 Å². The number of H-pyrrole nitrogens is 1. The average Bonchev–Trinajstić information content (AvgIpc) is 2.75. The van der Waals surface area contributed by atoms with Crippen LogP contribution in [0.25, 0.3) is 11.3 Å². The molecule has 2 N–H and O–H groups in total. The van der Waals surface area contributed by atoms with E-state index in [1.165, 1.54) is 0 Å². The van der Waals surface area contributed by atoms with Gasteiger partial charge in [0, 0.05) is 21.8 Å². The molecule has 6 nitrogen and oxygen atoms in total. The van der Waals surface area contributed by atoms with Gasteiger partial charge in [-0.1, -0.05) is 30.7 Å². The molecule has 0 unspecified atom stereocenters. The van der Waals surface area contributed by atoms with Gasteiger partial charge in [-0.3, -0.25) is 9.52 Å². The number of sulfonamides is 1. The number of aromatic nitrogens is 2. The fourth-order valence-corrected chi connectivity index (χ4v) is 5.39. The Balaban J connectivity index is 1.80. The van der Waals surface area contributed by atoms with E-state index in [4.69, 9.17) is 11.6 Å². The lowest BCUT2D eigenvalue weighted by atomic mass is 9.89. The number of benzene rings is 2. The highest BCUT2D eigenvalue weighted by Gasteiger charge is 2.23. The second kappa shape index (κ2) is 8.24. The second-order valence-electron chi connectivity index (χ2n) is 7.35. The van der Waals surface area contributed by atoms with E-state index in [-0.39, 0.29) is 10.5 Å². The van der Waals surface area contributed by atoms with Gasteiger partial charge in [0.25, 0.3) is 15.6 Å². The highest BCUT2D eigenvalue weighted by Crippen LogP contribution is 2.31. The predicted octanol–water partition coefficient (Wildman–Crippen LogP) is 4.33. The third kappa shape index (κ3) is 4.00. The van der Waals surface area contributed by atoms with E-state index in [9.17, 15) is 13.2 Å². The zero-order valence-corrected chi connectivity index (χ0v) is 18.1. The van der Waals surface area contributed by atoms with Crippen molar-refractivity contribution in [1.82, 2.24) is 10.2 Å². The van der Waals surface area contributed by atoms with Crippen LogP contribution in [0, 0.1) is 0 Å². The third-order valence-corrected chi connectivity index (χ3v) is 7.12. The number of hydrogen-bond donors (Lipinski definition) is 2. The number of nitrogens with zero attached hydrogens (tertiary/aromatic N) is 1.